The molecule has 2 nitrogen and oxygen atoms in total. The normalized spacial score (nSPS) is 14.2. The second kappa shape index (κ2) is 7.80. The number of carbonyl (C=O) groups excluding carboxylic acids is 1. The van der Waals surface area contributed by atoms with Gasteiger partial charge in [0.2, 0.25) is 0 Å². The fraction of sp³-hybridized carbons (Fsp3) is 0.381. The predicted molar refractivity (Wildman–Crippen MR) is 103 cm³/mol. The summed E-state index contributed by atoms with van der Waals surface area (Å²) in [6, 6.07) is 19.9. The van der Waals surface area contributed by atoms with Crippen LogP contribution in [0.1, 0.15) is 31.1 Å². The molecule has 0 aliphatic heterocycles. The lowest BCUT2D eigenvalue weighted by molar-refractivity contribution is 0.0169. The molecule has 0 amide bonds. The van der Waals surface area contributed by atoms with Crippen molar-refractivity contribution < 1.29 is 9.53 Å². The molecule has 0 radical (unpaired) electrons. The highest BCUT2D eigenvalue weighted by atomic mass is 28.3. The Morgan fingerprint density at radius 3 is 1.88 bits per heavy atom. The molecule has 0 saturated heterocycles. The minimum atomic E-state index is -1.75. The van der Waals surface area contributed by atoms with Gasteiger partial charge < -0.3 is 4.74 Å². The van der Waals surface area contributed by atoms with Crippen LogP contribution in [0.5, 0.6) is 0 Å². The van der Waals surface area contributed by atoms with E-state index >= 15 is 0 Å². The van der Waals surface area contributed by atoms with E-state index < -0.39 is 8.07 Å². The first-order valence-corrected chi connectivity index (χ1v) is 11.7. The van der Waals surface area contributed by atoms with Crippen LogP contribution < -0.4 is 5.19 Å². The maximum absolute atomic E-state index is 12.5. The summed E-state index contributed by atoms with van der Waals surface area (Å²) in [6.45, 7) is 11.2. The minimum Gasteiger partial charge on any atom is -0.459 e. The number of ether oxygens (including phenoxy) is 1. The number of hydrogen-bond donors (Lipinski definition) is 0. The van der Waals surface area contributed by atoms with Crippen LogP contribution in [-0.2, 0) is 4.74 Å². The van der Waals surface area contributed by atoms with Crippen LogP contribution in [0.25, 0.3) is 0 Å². The predicted octanol–water partition coefficient (Wildman–Crippen LogP) is 4.87. The number of esters is 1. The van der Waals surface area contributed by atoms with Crippen molar-refractivity contribution in [2.24, 2.45) is 5.92 Å². The van der Waals surface area contributed by atoms with E-state index in [0.717, 1.165) is 0 Å². The van der Waals surface area contributed by atoms with Crippen LogP contribution in [0.4, 0.5) is 0 Å². The Kier molecular flexibility index (Phi) is 6.00. The first kappa shape index (κ1) is 18.5. The molecule has 0 saturated carbocycles. The summed E-state index contributed by atoms with van der Waals surface area (Å²) in [5.74, 6) is 0.0576. The summed E-state index contributed by atoms with van der Waals surface area (Å²) in [7, 11) is -1.75. The van der Waals surface area contributed by atoms with E-state index in [2.05, 4.69) is 58.1 Å². The summed E-state index contributed by atoms with van der Waals surface area (Å²) in [4.78, 5) is 12.5. The van der Waals surface area contributed by atoms with Gasteiger partial charge in [0.05, 0.1) is 13.6 Å². The zero-order valence-electron chi connectivity index (χ0n) is 15.3. The average molecular weight is 341 g/mol. The molecule has 2 aromatic carbocycles. The summed E-state index contributed by atoms with van der Waals surface area (Å²) in [6.07, 6.45) is -0.0837. The van der Waals surface area contributed by atoms with Gasteiger partial charge in [0.1, 0.15) is 6.10 Å². The highest BCUT2D eigenvalue weighted by Crippen LogP contribution is 2.31. The van der Waals surface area contributed by atoms with Crippen LogP contribution >= 0.6 is 0 Å². The molecule has 0 N–H and O–H groups in total. The van der Waals surface area contributed by atoms with E-state index in [1.807, 2.05) is 36.4 Å². The zero-order valence-corrected chi connectivity index (χ0v) is 16.3. The third kappa shape index (κ3) is 4.15. The third-order valence-electron chi connectivity index (χ3n) is 5.06. The van der Waals surface area contributed by atoms with Crippen LogP contribution in [-0.4, -0.2) is 20.1 Å². The van der Waals surface area contributed by atoms with Gasteiger partial charge in [-0.25, -0.2) is 4.79 Å². The molecule has 0 fully saturated rings. The molecule has 0 bridgehead atoms. The minimum absolute atomic E-state index is 0.0837. The van der Waals surface area contributed by atoms with E-state index in [-0.39, 0.29) is 18.0 Å². The van der Waals surface area contributed by atoms with Crippen molar-refractivity contribution in [1.29, 1.82) is 0 Å². The Hall–Kier alpha value is -1.87. The van der Waals surface area contributed by atoms with Gasteiger partial charge in [-0.05, 0) is 23.6 Å². The van der Waals surface area contributed by atoms with Crippen molar-refractivity contribution in [2.75, 3.05) is 0 Å². The topological polar surface area (TPSA) is 26.3 Å². The van der Waals surface area contributed by atoms with Crippen molar-refractivity contribution in [3.63, 3.8) is 0 Å². The first-order chi connectivity index (χ1) is 11.3. The van der Waals surface area contributed by atoms with E-state index in [4.69, 9.17) is 4.74 Å². The van der Waals surface area contributed by atoms with Gasteiger partial charge in [-0.1, -0.05) is 87.6 Å². The molecule has 0 aromatic heterocycles. The molecular formula is C21H28O2Si. The second-order valence-corrected chi connectivity index (χ2v) is 12.3. The standard InChI is InChI=1S/C21H28O2Si/c1-16(2)20(23-21(22)18-12-8-6-9-13-18)17(3)24(4,5)19-14-10-7-11-15-19/h6-17,20H,1-5H3/t17-,20+/m0/s1. The van der Waals surface area contributed by atoms with Crippen molar-refractivity contribution in [3.05, 3.63) is 66.2 Å². The number of benzene rings is 2. The number of rotatable bonds is 6. The summed E-state index contributed by atoms with van der Waals surface area (Å²) >= 11 is 0. The maximum Gasteiger partial charge on any atom is 0.338 e. The van der Waals surface area contributed by atoms with Crippen molar-refractivity contribution in [3.8, 4) is 0 Å². The van der Waals surface area contributed by atoms with Crippen LogP contribution in [0.15, 0.2) is 60.7 Å². The Balaban J connectivity index is 2.22. The van der Waals surface area contributed by atoms with Gasteiger partial charge in [0, 0.05) is 0 Å². The lowest BCUT2D eigenvalue weighted by Gasteiger charge is -2.37. The van der Waals surface area contributed by atoms with Crippen LogP contribution in [0, 0.1) is 5.92 Å². The van der Waals surface area contributed by atoms with Crippen molar-refractivity contribution in [2.45, 2.75) is 45.5 Å². The molecule has 2 rings (SSSR count). The molecule has 2 atom stereocenters. The lowest BCUT2D eigenvalue weighted by atomic mass is 10.0. The molecule has 0 unspecified atom stereocenters. The molecular weight excluding hydrogens is 312 g/mol. The van der Waals surface area contributed by atoms with Gasteiger partial charge in [-0.3, -0.25) is 0 Å². The zero-order chi connectivity index (χ0) is 17.7. The van der Waals surface area contributed by atoms with E-state index in [0.29, 0.717) is 11.1 Å². The molecule has 2 aromatic rings. The van der Waals surface area contributed by atoms with Gasteiger partial charge in [0.25, 0.3) is 0 Å². The summed E-state index contributed by atoms with van der Waals surface area (Å²) in [5, 5.41) is 1.40. The molecule has 24 heavy (non-hydrogen) atoms. The fourth-order valence-electron chi connectivity index (χ4n) is 3.12. The Labute approximate surface area is 146 Å². The number of hydrogen-bond acceptors (Lipinski definition) is 2. The largest absolute Gasteiger partial charge is 0.459 e. The van der Waals surface area contributed by atoms with Crippen molar-refractivity contribution >= 4 is 19.2 Å². The first-order valence-electron chi connectivity index (χ1n) is 8.65. The molecule has 0 spiro atoms. The van der Waals surface area contributed by atoms with E-state index in [1.54, 1.807) is 0 Å². The highest BCUT2D eigenvalue weighted by Gasteiger charge is 2.39. The SMILES string of the molecule is CC(C)[C@@H](OC(=O)c1ccccc1)[C@H](C)[Si](C)(C)c1ccccc1. The Bertz CT molecular complexity index is 650. The van der Waals surface area contributed by atoms with Gasteiger partial charge in [-0.15, -0.1) is 0 Å². The lowest BCUT2D eigenvalue weighted by Crippen LogP contribution is -2.50. The summed E-state index contributed by atoms with van der Waals surface area (Å²) < 4.78 is 5.96. The van der Waals surface area contributed by atoms with Gasteiger partial charge >= 0.3 is 5.97 Å². The number of carbonyl (C=O) groups is 1. The fourth-order valence-corrected chi connectivity index (χ4v) is 5.97. The van der Waals surface area contributed by atoms with Crippen molar-refractivity contribution in [1.82, 2.24) is 0 Å². The quantitative estimate of drug-likeness (QED) is 0.554. The molecule has 0 heterocycles. The maximum atomic E-state index is 12.5. The van der Waals surface area contributed by atoms with E-state index in [9.17, 15) is 4.79 Å². The molecule has 3 heteroatoms. The third-order valence-corrected chi connectivity index (χ3v) is 9.49. The van der Waals surface area contributed by atoms with E-state index in [1.165, 1.54) is 5.19 Å². The molecule has 0 aliphatic carbocycles. The van der Waals surface area contributed by atoms with Crippen LogP contribution in [0.3, 0.4) is 0 Å². The Morgan fingerprint density at radius 2 is 1.38 bits per heavy atom. The molecule has 128 valence electrons. The second-order valence-electron chi connectivity index (χ2n) is 7.36. The van der Waals surface area contributed by atoms with Gasteiger partial charge in [-0.2, -0.15) is 0 Å². The summed E-state index contributed by atoms with van der Waals surface area (Å²) in [5.41, 5.74) is 0.946. The van der Waals surface area contributed by atoms with Gasteiger partial charge in [0.15, 0.2) is 0 Å². The average Bonchev–Trinajstić information content (AvgIpc) is 2.60. The highest BCUT2D eigenvalue weighted by molar-refractivity contribution is 6.91. The smallest absolute Gasteiger partial charge is 0.338 e. The Morgan fingerprint density at radius 1 is 0.875 bits per heavy atom. The van der Waals surface area contributed by atoms with Crippen LogP contribution in [0.2, 0.25) is 18.6 Å². The molecule has 0 aliphatic rings. The monoisotopic (exact) mass is 340 g/mol.